The number of methoxy groups -OCH3 is 1. The number of aliphatic hydroxyl groups is 1. The molecular weight excluding hydrogens is 290 g/mol. The zero-order valence-electron chi connectivity index (χ0n) is 14.1. The third-order valence-electron chi connectivity index (χ3n) is 6.00. The van der Waals surface area contributed by atoms with Crippen molar-refractivity contribution in [3.05, 3.63) is 35.4 Å². The van der Waals surface area contributed by atoms with Gasteiger partial charge < -0.3 is 19.5 Å². The first-order chi connectivity index (χ1) is 11.1. The molecule has 2 aliphatic heterocycles. The van der Waals surface area contributed by atoms with Crippen LogP contribution in [-0.2, 0) is 11.8 Å². The van der Waals surface area contributed by atoms with Crippen molar-refractivity contribution in [3.63, 3.8) is 0 Å². The summed E-state index contributed by atoms with van der Waals surface area (Å²) in [4.78, 5) is 2.45. The third-order valence-corrected chi connectivity index (χ3v) is 6.00. The van der Waals surface area contributed by atoms with Crippen molar-refractivity contribution in [3.8, 4) is 11.5 Å². The monoisotopic (exact) mass is 315 g/mol. The van der Waals surface area contributed by atoms with Gasteiger partial charge in [0.25, 0.3) is 0 Å². The predicted molar refractivity (Wildman–Crippen MR) is 89.3 cm³/mol. The average molecular weight is 315 g/mol. The van der Waals surface area contributed by atoms with Gasteiger partial charge >= 0.3 is 0 Å². The average Bonchev–Trinajstić information content (AvgIpc) is 2.88. The van der Waals surface area contributed by atoms with E-state index in [1.54, 1.807) is 7.11 Å². The van der Waals surface area contributed by atoms with Gasteiger partial charge in [-0.25, -0.2) is 0 Å². The summed E-state index contributed by atoms with van der Waals surface area (Å²) < 4.78 is 11.9. The molecule has 23 heavy (non-hydrogen) atoms. The van der Waals surface area contributed by atoms with Crippen molar-refractivity contribution >= 4 is 0 Å². The second-order valence-electron chi connectivity index (χ2n) is 7.13. The number of rotatable bonds is 3. The Labute approximate surface area is 137 Å². The van der Waals surface area contributed by atoms with Crippen LogP contribution < -0.4 is 9.47 Å². The highest BCUT2D eigenvalue weighted by molar-refractivity contribution is 5.60. The molecule has 0 amide bonds. The highest BCUT2D eigenvalue weighted by Crippen LogP contribution is 2.58. The van der Waals surface area contributed by atoms with Gasteiger partial charge in [-0.1, -0.05) is 18.2 Å². The number of piperidine rings is 1. The molecule has 3 aliphatic rings. The van der Waals surface area contributed by atoms with E-state index in [-0.39, 0.29) is 11.5 Å². The van der Waals surface area contributed by atoms with Crippen LogP contribution in [0.25, 0.3) is 0 Å². The number of allylic oxidation sites excluding steroid dienone is 1. The maximum Gasteiger partial charge on any atom is 0.165 e. The van der Waals surface area contributed by atoms with Gasteiger partial charge in [0, 0.05) is 17.0 Å². The fraction of sp³-hybridized carbons (Fsp3) is 0.579. The van der Waals surface area contributed by atoms with Crippen molar-refractivity contribution in [2.45, 2.75) is 49.9 Å². The highest BCUT2D eigenvalue weighted by atomic mass is 16.5. The van der Waals surface area contributed by atoms with Gasteiger partial charge in [-0.05, 0) is 51.4 Å². The molecule has 1 aliphatic carbocycles. The molecule has 0 saturated carbocycles. The molecule has 4 rings (SSSR count). The number of fused-ring (bicyclic) bond motifs is 1. The van der Waals surface area contributed by atoms with E-state index in [2.05, 4.69) is 18.0 Å². The summed E-state index contributed by atoms with van der Waals surface area (Å²) in [7, 11) is 3.89. The molecule has 1 N–H and O–H groups in total. The molecule has 0 aromatic heterocycles. The molecule has 4 heteroatoms. The minimum absolute atomic E-state index is 0.0897. The van der Waals surface area contributed by atoms with Crippen LogP contribution in [0.2, 0.25) is 0 Å². The Balaban J connectivity index is 1.89. The zero-order chi connectivity index (χ0) is 16.2. The zero-order valence-corrected chi connectivity index (χ0v) is 14.1. The van der Waals surface area contributed by atoms with E-state index in [1.807, 2.05) is 25.1 Å². The van der Waals surface area contributed by atoms with Gasteiger partial charge in [0.05, 0.1) is 7.11 Å². The first-order valence-electron chi connectivity index (χ1n) is 8.49. The highest BCUT2D eigenvalue weighted by Gasteiger charge is 2.58. The Morgan fingerprint density at radius 2 is 2.30 bits per heavy atom. The molecule has 1 aromatic carbocycles. The Morgan fingerprint density at radius 3 is 3.04 bits per heavy atom. The number of benzene rings is 1. The summed E-state index contributed by atoms with van der Waals surface area (Å²) in [5, 5.41) is 10.7. The Hall–Kier alpha value is -1.52. The summed E-state index contributed by atoms with van der Waals surface area (Å²) in [5.74, 6) is 1.65. The quantitative estimate of drug-likeness (QED) is 0.869. The maximum atomic E-state index is 10.7. The lowest BCUT2D eigenvalue weighted by atomic mass is 9.61. The van der Waals surface area contributed by atoms with Crippen LogP contribution in [0.5, 0.6) is 11.5 Å². The molecule has 1 spiro atoms. The summed E-state index contributed by atoms with van der Waals surface area (Å²) >= 11 is 0. The van der Waals surface area contributed by atoms with Gasteiger partial charge in [-0.3, -0.25) is 0 Å². The second kappa shape index (κ2) is 5.25. The molecule has 0 radical (unpaired) electrons. The minimum Gasteiger partial charge on any atom is -0.493 e. The second-order valence-corrected chi connectivity index (χ2v) is 7.13. The van der Waals surface area contributed by atoms with Crippen LogP contribution in [0, 0.1) is 0 Å². The predicted octanol–water partition coefficient (Wildman–Crippen LogP) is 2.28. The van der Waals surface area contributed by atoms with Crippen LogP contribution in [0.4, 0.5) is 0 Å². The fourth-order valence-electron chi connectivity index (χ4n) is 4.88. The van der Waals surface area contributed by atoms with Crippen LogP contribution in [0.1, 0.15) is 30.9 Å². The fourth-order valence-corrected chi connectivity index (χ4v) is 4.88. The first kappa shape index (κ1) is 15.0. The molecule has 2 heterocycles. The number of nitrogens with zero attached hydrogens (tertiary/aromatic N) is 1. The first-order valence-corrected chi connectivity index (χ1v) is 8.49. The molecule has 124 valence electrons. The van der Waals surface area contributed by atoms with Gasteiger partial charge in [-0.2, -0.15) is 0 Å². The van der Waals surface area contributed by atoms with Crippen molar-refractivity contribution in [1.82, 2.24) is 4.90 Å². The smallest absolute Gasteiger partial charge is 0.165 e. The normalized spacial score (nSPS) is 33.4. The van der Waals surface area contributed by atoms with Gasteiger partial charge in [0.15, 0.2) is 11.5 Å². The van der Waals surface area contributed by atoms with Crippen molar-refractivity contribution in [2.75, 3.05) is 20.7 Å². The third kappa shape index (κ3) is 1.98. The van der Waals surface area contributed by atoms with Crippen LogP contribution in [0.3, 0.4) is 0 Å². The lowest BCUT2D eigenvalue weighted by molar-refractivity contribution is -0.0108. The van der Waals surface area contributed by atoms with Crippen LogP contribution >= 0.6 is 0 Å². The molecule has 1 fully saturated rings. The molecule has 4 atom stereocenters. The van der Waals surface area contributed by atoms with E-state index in [0.717, 1.165) is 37.3 Å². The molecule has 3 unspecified atom stereocenters. The van der Waals surface area contributed by atoms with Crippen molar-refractivity contribution < 1.29 is 14.6 Å². The summed E-state index contributed by atoms with van der Waals surface area (Å²) in [5.41, 5.74) is 2.57. The summed E-state index contributed by atoms with van der Waals surface area (Å²) in [6, 6.07) is 4.72. The van der Waals surface area contributed by atoms with E-state index >= 15 is 0 Å². The van der Waals surface area contributed by atoms with E-state index < -0.39 is 6.10 Å². The Kier molecular flexibility index (Phi) is 3.43. The van der Waals surface area contributed by atoms with Gasteiger partial charge in [-0.15, -0.1) is 0 Å². The molecular formula is C19H25NO3. The summed E-state index contributed by atoms with van der Waals surface area (Å²) in [6.07, 6.45) is 6.07. The minimum atomic E-state index is -0.591. The Morgan fingerprint density at radius 1 is 1.48 bits per heavy atom. The molecule has 2 bridgehead atoms. The van der Waals surface area contributed by atoms with E-state index in [9.17, 15) is 5.11 Å². The molecule has 1 aromatic rings. The van der Waals surface area contributed by atoms with Crippen molar-refractivity contribution in [1.29, 1.82) is 0 Å². The van der Waals surface area contributed by atoms with Crippen LogP contribution in [0.15, 0.2) is 24.3 Å². The number of likely N-dealkylation sites (N-methyl/N-ethyl adjacent to an activating group) is 1. The topological polar surface area (TPSA) is 41.9 Å². The number of hydrogen-bond donors (Lipinski definition) is 1. The molecule has 1 saturated heterocycles. The SMILES string of the molecule is C/C=C\[C@@H](O)C1Oc2c(OC)ccc3c2C12CCN(C)C(C3)C2. The summed E-state index contributed by atoms with van der Waals surface area (Å²) in [6.45, 7) is 2.98. The van der Waals surface area contributed by atoms with E-state index in [0.29, 0.717) is 6.04 Å². The van der Waals surface area contributed by atoms with E-state index in [4.69, 9.17) is 9.47 Å². The standard InChI is InChI=1S/C19H25NO3/c1-4-5-14(21)18-19-8-9-20(2)13(11-19)10-12-6-7-15(22-3)17(23-18)16(12)19/h4-7,13-14,18,21H,8-11H2,1-3H3/b5-4-/t13?,14-,18?,19?/m1/s1. The number of aliphatic hydroxyl groups excluding tert-OH is 1. The Bertz CT molecular complexity index is 656. The van der Waals surface area contributed by atoms with Crippen LogP contribution in [-0.4, -0.2) is 49.0 Å². The van der Waals surface area contributed by atoms with E-state index in [1.165, 1.54) is 11.1 Å². The van der Waals surface area contributed by atoms with Gasteiger partial charge in [0.2, 0.25) is 0 Å². The van der Waals surface area contributed by atoms with Crippen molar-refractivity contribution in [2.24, 2.45) is 0 Å². The number of hydrogen-bond acceptors (Lipinski definition) is 4. The largest absolute Gasteiger partial charge is 0.493 e. The number of ether oxygens (including phenoxy) is 2. The van der Waals surface area contributed by atoms with Gasteiger partial charge in [0.1, 0.15) is 12.2 Å². The maximum absolute atomic E-state index is 10.7. The molecule has 4 nitrogen and oxygen atoms in total. The lowest BCUT2D eigenvalue weighted by Crippen LogP contribution is -2.57. The number of likely N-dealkylation sites (tertiary alicyclic amines) is 1. The lowest BCUT2D eigenvalue weighted by Gasteiger charge is -2.50.